The molecule has 3 heterocycles. The lowest BCUT2D eigenvalue weighted by atomic mass is 10.1. The van der Waals surface area contributed by atoms with Crippen LogP contribution in [-0.4, -0.2) is 57.0 Å². The first kappa shape index (κ1) is 24.0. The van der Waals surface area contributed by atoms with Gasteiger partial charge in [0.2, 0.25) is 0 Å². The number of hydrogen-bond donors (Lipinski definition) is 1. The summed E-state index contributed by atoms with van der Waals surface area (Å²) in [6.45, 7) is 2.91. The summed E-state index contributed by atoms with van der Waals surface area (Å²) in [5, 5.41) is 13.3. The van der Waals surface area contributed by atoms with Gasteiger partial charge in [0.1, 0.15) is 11.5 Å². The number of fused-ring (bicyclic) bond motifs is 1. The summed E-state index contributed by atoms with van der Waals surface area (Å²) in [7, 11) is 3.26. The fourth-order valence-corrected chi connectivity index (χ4v) is 4.53. The number of nitrogens with one attached hydrogen (secondary N) is 1. The monoisotopic (exact) mass is 490 g/mol. The molecule has 0 amide bonds. The van der Waals surface area contributed by atoms with E-state index in [2.05, 4.69) is 25.4 Å². The standard InChI is InChI=1S/C26H30N6O4/c1-34-21-8-5-18(6-9-21)14-31(17-25-28-29-30-32(25)16-23-4-3-11-36-23)15-20-12-19-7-10-22(35-2)13-24(19)27-26(20)33/h5-10,12-13,23H,3-4,11,14-17H2,1-2H3,(H,27,33). The van der Waals surface area contributed by atoms with Crippen molar-refractivity contribution in [3.63, 3.8) is 0 Å². The number of hydrogen-bond acceptors (Lipinski definition) is 8. The Balaban J connectivity index is 1.41. The van der Waals surface area contributed by atoms with Crippen molar-refractivity contribution in [2.24, 2.45) is 0 Å². The topological polar surface area (TPSA) is 107 Å². The number of methoxy groups -OCH3 is 2. The molecule has 5 rings (SSSR count). The summed E-state index contributed by atoms with van der Waals surface area (Å²) in [6, 6.07) is 15.5. The van der Waals surface area contributed by atoms with Crippen LogP contribution in [-0.2, 0) is 30.9 Å². The number of benzene rings is 2. The van der Waals surface area contributed by atoms with Crippen LogP contribution in [0.25, 0.3) is 10.9 Å². The van der Waals surface area contributed by atoms with E-state index in [1.165, 1.54) is 0 Å². The van der Waals surface area contributed by atoms with Crippen LogP contribution in [0.5, 0.6) is 11.5 Å². The number of pyridine rings is 1. The molecule has 1 N–H and O–H groups in total. The minimum Gasteiger partial charge on any atom is -0.497 e. The third-order valence-corrected chi connectivity index (χ3v) is 6.46. The molecule has 1 aliphatic heterocycles. The molecular formula is C26H30N6O4. The van der Waals surface area contributed by atoms with E-state index in [4.69, 9.17) is 14.2 Å². The molecule has 1 unspecified atom stereocenters. The molecule has 1 aliphatic rings. The molecule has 10 nitrogen and oxygen atoms in total. The van der Waals surface area contributed by atoms with Gasteiger partial charge in [-0.25, -0.2) is 4.68 Å². The number of H-pyrrole nitrogens is 1. The molecule has 1 atom stereocenters. The van der Waals surface area contributed by atoms with Gasteiger partial charge in [-0.1, -0.05) is 12.1 Å². The Morgan fingerprint density at radius 3 is 2.61 bits per heavy atom. The number of ether oxygens (including phenoxy) is 3. The number of nitrogens with zero attached hydrogens (tertiary/aromatic N) is 5. The van der Waals surface area contributed by atoms with Gasteiger partial charge in [-0.05, 0) is 64.5 Å². The zero-order chi connectivity index (χ0) is 24.9. The van der Waals surface area contributed by atoms with Crippen LogP contribution < -0.4 is 15.0 Å². The first-order valence-corrected chi connectivity index (χ1v) is 12.0. The molecule has 1 saturated heterocycles. The van der Waals surface area contributed by atoms with Crippen LogP contribution in [0.3, 0.4) is 0 Å². The number of aromatic amines is 1. The minimum atomic E-state index is -0.130. The van der Waals surface area contributed by atoms with Crippen LogP contribution in [0.4, 0.5) is 0 Å². The summed E-state index contributed by atoms with van der Waals surface area (Å²) in [5.74, 6) is 2.23. The maximum Gasteiger partial charge on any atom is 0.252 e. The highest BCUT2D eigenvalue weighted by molar-refractivity contribution is 5.80. The molecule has 0 aliphatic carbocycles. The molecule has 2 aromatic heterocycles. The van der Waals surface area contributed by atoms with E-state index in [9.17, 15) is 4.79 Å². The summed E-state index contributed by atoms with van der Waals surface area (Å²) >= 11 is 0. The fourth-order valence-electron chi connectivity index (χ4n) is 4.53. The Labute approximate surface area is 208 Å². The van der Waals surface area contributed by atoms with Gasteiger partial charge in [-0.3, -0.25) is 9.69 Å². The molecule has 1 fully saturated rings. The average molecular weight is 491 g/mol. The molecule has 188 valence electrons. The Kier molecular flexibility index (Phi) is 7.24. The van der Waals surface area contributed by atoms with Crippen LogP contribution in [0.2, 0.25) is 0 Å². The molecule has 10 heteroatoms. The third kappa shape index (κ3) is 5.55. The van der Waals surface area contributed by atoms with Gasteiger partial charge in [0.25, 0.3) is 5.56 Å². The van der Waals surface area contributed by atoms with Gasteiger partial charge in [-0.2, -0.15) is 0 Å². The molecule has 2 aromatic carbocycles. The zero-order valence-corrected chi connectivity index (χ0v) is 20.5. The van der Waals surface area contributed by atoms with Crippen molar-refractivity contribution in [2.75, 3.05) is 20.8 Å². The lowest BCUT2D eigenvalue weighted by Crippen LogP contribution is -2.29. The van der Waals surface area contributed by atoms with Gasteiger partial charge < -0.3 is 19.2 Å². The summed E-state index contributed by atoms with van der Waals surface area (Å²) in [5.41, 5.74) is 2.37. The predicted octanol–water partition coefficient (Wildman–Crippen LogP) is 2.91. The van der Waals surface area contributed by atoms with Crippen LogP contribution in [0.15, 0.2) is 53.3 Å². The van der Waals surface area contributed by atoms with Crippen LogP contribution >= 0.6 is 0 Å². The van der Waals surface area contributed by atoms with E-state index in [0.29, 0.717) is 37.5 Å². The molecule has 0 saturated carbocycles. The summed E-state index contributed by atoms with van der Waals surface area (Å²) in [4.78, 5) is 18.2. The highest BCUT2D eigenvalue weighted by Crippen LogP contribution is 2.21. The lowest BCUT2D eigenvalue weighted by Gasteiger charge is -2.22. The number of rotatable bonds is 10. The van der Waals surface area contributed by atoms with E-state index in [0.717, 1.165) is 47.5 Å². The summed E-state index contributed by atoms with van der Waals surface area (Å²) < 4.78 is 18.2. The summed E-state index contributed by atoms with van der Waals surface area (Å²) in [6.07, 6.45) is 2.19. The minimum absolute atomic E-state index is 0.127. The highest BCUT2D eigenvalue weighted by atomic mass is 16.5. The quantitative estimate of drug-likeness (QED) is 0.362. The normalized spacial score (nSPS) is 15.6. The largest absolute Gasteiger partial charge is 0.497 e. The van der Waals surface area contributed by atoms with Crippen LogP contribution in [0, 0.1) is 0 Å². The second kappa shape index (κ2) is 10.9. The van der Waals surface area contributed by atoms with Crippen molar-refractivity contribution in [3.05, 3.63) is 75.8 Å². The highest BCUT2D eigenvalue weighted by Gasteiger charge is 2.21. The fraction of sp³-hybridized carbons (Fsp3) is 0.385. The third-order valence-electron chi connectivity index (χ3n) is 6.46. The smallest absolute Gasteiger partial charge is 0.252 e. The first-order chi connectivity index (χ1) is 17.6. The van der Waals surface area contributed by atoms with E-state index < -0.39 is 0 Å². The molecular weight excluding hydrogens is 460 g/mol. The van der Waals surface area contributed by atoms with Crippen molar-refractivity contribution < 1.29 is 14.2 Å². The molecule has 0 bridgehead atoms. The van der Waals surface area contributed by atoms with Gasteiger partial charge in [-0.15, -0.1) is 5.10 Å². The van der Waals surface area contributed by atoms with Gasteiger partial charge in [0.15, 0.2) is 5.82 Å². The Hall–Kier alpha value is -3.76. The first-order valence-electron chi connectivity index (χ1n) is 12.0. The van der Waals surface area contributed by atoms with E-state index in [-0.39, 0.29) is 11.7 Å². The molecule has 0 spiro atoms. The van der Waals surface area contributed by atoms with Crippen molar-refractivity contribution in [1.82, 2.24) is 30.1 Å². The maximum atomic E-state index is 13.0. The Morgan fingerprint density at radius 2 is 1.86 bits per heavy atom. The second-order valence-corrected chi connectivity index (χ2v) is 8.98. The zero-order valence-electron chi connectivity index (χ0n) is 20.5. The lowest BCUT2D eigenvalue weighted by molar-refractivity contribution is 0.0914. The van der Waals surface area contributed by atoms with E-state index in [1.807, 2.05) is 53.2 Å². The SMILES string of the molecule is COc1ccc(CN(Cc2cc3ccc(OC)cc3[nH]c2=O)Cc2nnnn2CC2CCCO2)cc1. The maximum absolute atomic E-state index is 13.0. The van der Waals surface area contributed by atoms with Crippen molar-refractivity contribution in [3.8, 4) is 11.5 Å². The number of tetrazole rings is 1. The number of aromatic nitrogens is 5. The molecule has 36 heavy (non-hydrogen) atoms. The van der Waals surface area contributed by atoms with E-state index in [1.54, 1.807) is 14.2 Å². The van der Waals surface area contributed by atoms with E-state index >= 15 is 0 Å². The second-order valence-electron chi connectivity index (χ2n) is 8.98. The van der Waals surface area contributed by atoms with Gasteiger partial charge in [0, 0.05) is 31.3 Å². The van der Waals surface area contributed by atoms with Gasteiger partial charge >= 0.3 is 0 Å². The molecule has 0 radical (unpaired) electrons. The van der Waals surface area contributed by atoms with Crippen molar-refractivity contribution >= 4 is 10.9 Å². The van der Waals surface area contributed by atoms with Crippen molar-refractivity contribution in [1.29, 1.82) is 0 Å². The van der Waals surface area contributed by atoms with Crippen LogP contribution in [0.1, 0.15) is 29.8 Å². The predicted molar refractivity (Wildman–Crippen MR) is 134 cm³/mol. The Morgan fingerprint density at radius 1 is 1.06 bits per heavy atom. The van der Waals surface area contributed by atoms with Gasteiger partial charge in [0.05, 0.1) is 38.9 Å². The molecule has 4 aromatic rings. The Bertz CT molecular complexity index is 1360. The average Bonchev–Trinajstić information content (AvgIpc) is 3.57. The van der Waals surface area contributed by atoms with Crippen molar-refractivity contribution in [2.45, 2.75) is 45.1 Å².